The number of nitrogens with one attached hydrogen (secondary N) is 2. The standard InChI is InChI=1S/C9H16N2O5/c1-3-15-7(12)5-10-9(14)11-6-8(13)16-4-2/h3-6H2,1-2H3,(H2,10,11,14). The molecule has 0 fully saturated rings. The van der Waals surface area contributed by atoms with Crippen molar-refractivity contribution in [3.63, 3.8) is 0 Å². The van der Waals surface area contributed by atoms with Crippen LogP contribution in [-0.2, 0) is 19.1 Å². The van der Waals surface area contributed by atoms with Crippen molar-refractivity contribution in [2.24, 2.45) is 0 Å². The molecule has 0 aromatic rings. The van der Waals surface area contributed by atoms with Crippen molar-refractivity contribution >= 4 is 18.0 Å². The van der Waals surface area contributed by atoms with Gasteiger partial charge in [0.1, 0.15) is 13.1 Å². The van der Waals surface area contributed by atoms with Crippen LogP contribution in [0.15, 0.2) is 0 Å². The van der Waals surface area contributed by atoms with E-state index in [4.69, 9.17) is 0 Å². The van der Waals surface area contributed by atoms with Crippen LogP contribution < -0.4 is 10.6 Å². The maximum atomic E-state index is 11.0. The number of amides is 2. The highest BCUT2D eigenvalue weighted by Crippen LogP contribution is 1.77. The Morgan fingerprint density at radius 1 is 0.875 bits per heavy atom. The minimum atomic E-state index is -0.624. The number of esters is 2. The van der Waals surface area contributed by atoms with Gasteiger partial charge >= 0.3 is 18.0 Å². The van der Waals surface area contributed by atoms with E-state index >= 15 is 0 Å². The van der Waals surface area contributed by atoms with E-state index in [1.165, 1.54) is 0 Å². The third-order valence-electron chi connectivity index (χ3n) is 1.40. The topological polar surface area (TPSA) is 93.7 Å². The van der Waals surface area contributed by atoms with Gasteiger partial charge in [-0.15, -0.1) is 0 Å². The molecule has 92 valence electrons. The Morgan fingerprint density at radius 2 is 1.25 bits per heavy atom. The molecule has 16 heavy (non-hydrogen) atoms. The van der Waals surface area contributed by atoms with Crippen LogP contribution >= 0.6 is 0 Å². The Morgan fingerprint density at radius 3 is 1.56 bits per heavy atom. The lowest BCUT2D eigenvalue weighted by atomic mass is 10.6. The van der Waals surface area contributed by atoms with E-state index in [0.29, 0.717) is 0 Å². The highest BCUT2D eigenvalue weighted by Gasteiger charge is 2.07. The SMILES string of the molecule is CCOC(=O)CNC(=O)NCC(=O)OCC. The molecule has 0 aliphatic rings. The molecule has 0 rings (SSSR count). The minimum Gasteiger partial charge on any atom is -0.465 e. The number of hydrogen-bond donors (Lipinski definition) is 2. The van der Waals surface area contributed by atoms with Crippen LogP contribution in [0.3, 0.4) is 0 Å². The Balaban J connectivity index is 3.59. The molecule has 2 amide bonds. The molecule has 7 heteroatoms. The molecule has 0 aromatic carbocycles. The predicted molar refractivity (Wildman–Crippen MR) is 54.7 cm³/mol. The first kappa shape index (κ1) is 14.2. The van der Waals surface area contributed by atoms with Crippen molar-refractivity contribution in [2.75, 3.05) is 26.3 Å². The van der Waals surface area contributed by atoms with Crippen molar-refractivity contribution in [2.45, 2.75) is 13.8 Å². The second-order valence-corrected chi connectivity index (χ2v) is 2.65. The number of carbonyl (C=O) groups excluding carboxylic acids is 3. The van der Waals surface area contributed by atoms with Crippen LogP contribution in [-0.4, -0.2) is 44.3 Å². The molecular formula is C9H16N2O5. The van der Waals surface area contributed by atoms with E-state index in [9.17, 15) is 14.4 Å². The Hall–Kier alpha value is -1.79. The fraction of sp³-hybridized carbons (Fsp3) is 0.667. The maximum Gasteiger partial charge on any atom is 0.325 e. The Bertz CT molecular complexity index is 230. The van der Waals surface area contributed by atoms with Crippen molar-refractivity contribution in [1.29, 1.82) is 0 Å². The average Bonchev–Trinajstić information content (AvgIpc) is 2.24. The summed E-state index contributed by atoms with van der Waals surface area (Å²) in [5.74, 6) is -1.07. The second-order valence-electron chi connectivity index (χ2n) is 2.65. The fourth-order valence-corrected chi connectivity index (χ4v) is 0.791. The summed E-state index contributed by atoms with van der Waals surface area (Å²) in [4.78, 5) is 32.7. The smallest absolute Gasteiger partial charge is 0.325 e. The van der Waals surface area contributed by atoms with E-state index in [1.54, 1.807) is 13.8 Å². The molecule has 0 aromatic heterocycles. The van der Waals surface area contributed by atoms with Crippen molar-refractivity contribution in [1.82, 2.24) is 10.6 Å². The van der Waals surface area contributed by atoms with Crippen molar-refractivity contribution in [3.8, 4) is 0 Å². The maximum absolute atomic E-state index is 11.0. The van der Waals surface area contributed by atoms with Gasteiger partial charge in [0, 0.05) is 0 Å². The van der Waals surface area contributed by atoms with Crippen LogP contribution in [0, 0.1) is 0 Å². The number of ether oxygens (including phenoxy) is 2. The lowest BCUT2D eigenvalue weighted by Gasteiger charge is -2.06. The van der Waals surface area contributed by atoms with Gasteiger partial charge in [0.15, 0.2) is 0 Å². The summed E-state index contributed by atoms with van der Waals surface area (Å²) < 4.78 is 9.17. The number of rotatable bonds is 6. The molecule has 0 saturated carbocycles. The highest BCUT2D eigenvalue weighted by molar-refractivity contribution is 5.83. The first-order valence-electron chi connectivity index (χ1n) is 4.93. The van der Waals surface area contributed by atoms with Gasteiger partial charge in [-0.3, -0.25) is 9.59 Å². The van der Waals surface area contributed by atoms with Crippen LogP contribution in [0.25, 0.3) is 0 Å². The van der Waals surface area contributed by atoms with Crippen LogP contribution in [0.4, 0.5) is 4.79 Å². The van der Waals surface area contributed by atoms with Crippen LogP contribution in [0.5, 0.6) is 0 Å². The average molecular weight is 232 g/mol. The molecule has 0 heterocycles. The molecule has 0 aliphatic heterocycles. The largest absolute Gasteiger partial charge is 0.465 e. The molecule has 0 bridgehead atoms. The molecule has 0 atom stereocenters. The Labute approximate surface area is 93.5 Å². The summed E-state index contributed by atoms with van der Waals surface area (Å²) in [6.45, 7) is 3.37. The lowest BCUT2D eigenvalue weighted by molar-refractivity contribution is -0.142. The summed E-state index contributed by atoms with van der Waals surface area (Å²) in [5.41, 5.74) is 0. The quantitative estimate of drug-likeness (QED) is 0.597. The van der Waals surface area contributed by atoms with Crippen molar-refractivity contribution in [3.05, 3.63) is 0 Å². The number of hydrogen-bond acceptors (Lipinski definition) is 5. The summed E-state index contributed by atoms with van der Waals surface area (Å²) in [5, 5.41) is 4.46. The number of urea groups is 1. The van der Waals surface area contributed by atoms with Gasteiger partial charge < -0.3 is 20.1 Å². The minimum absolute atomic E-state index is 0.234. The second kappa shape index (κ2) is 8.51. The normalized spacial score (nSPS) is 9.12. The molecule has 0 aliphatic carbocycles. The third-order valence-corrected chi connectivity index (χ3v) is 1.40. The van der Waals surface area contributed by atoms with Gasteiger partial charge in [0.05, 0.1) is 13.2 Å². The van der Waals surface area contributed by atoms with Gasteiger partial charge in [-0.1, -0.05) is 0 Å². The van der Waals surface area contributed by atoms with E-state index in [1.807, 2.05) is 0 Å². The van der Waals surface area contributed by atoms with E-state index in [2.05, 4.69) is 20.1 Å². The Kier molecular flexibility index (Phi) is 7.56. The molecule has 0 saturated heterocycles. The molecule has 0 unspecified atom stereocenters. The summed E-state index contributed by atoms with van der Waals surface area (Å²) >= 11 is 0. The van der Waals surface area contributed by atoms with E-state index in [0.717, 1.165) is 0 Å². The zero-order valence-corrected chi connectivity index (χ0v) is 9.37. The third kappa shape index (κ3) is 7.60. The summed E-state index contributed by atoms with van der Waals surface area (Å²) in [7, 11) is 0. The monoisotopic (exact) mass is 232 g/mol. The lowest BCUT2D eigenvalue weighted by Crippen LogP contribution is -2.41. The molecule has 0 radical (unpaired) electrons. The van der Waals surface area contributed by atoms with Gasteiger partial charge in [0.25, 0.3) is 0 Å². The summed E-state index contributed by atoms with van der Waals surface area (Å²) in [6.07, 6.45) is 0. The van der Waals surface area contributed by atoms with Crippen LogP contribution in [0.1, 0.15) is 13.8 Å². The molecule has 2 N–H and O–H groups in total. The molecule has 0 spiro atoms. The van der Waals surface area contributed by atoms with Gasteiger partial charge in [-0.2, -0.15) is 0 Å². The van der Waals surface area contributed by atoms with Crippen molar-refractivity contribution < 1.29 is 23.9 Å². The van der Waals surface area contributed by atoms with Gasteiger partial charge in [-0.25, -0.2) is 4.79 Å². The zero-order valence-electron chi connectivity index (χ0n) is 9.37. The molecule has 7 nitrogen and oxygen atoms in total. The van der Waals surface area contributed by atoms with E-state index in [-0.39, 0.29) is 26.3 Å². The van der Waals surface area contributed by atoms with Gasteiger partial charge in [0.2, 0.25) is 0 Å². The number of carbonyl (C=O) groups is 3. The van der Waals surface area contributed by atoms with E-state index < -0.39 is 18.0 Å². The van der Waals surface area contributed by atoms with Gasteiger partial charge in [-0.05, 0) is 13.8 Å². The first-order chi connectivity index (χ1) is 7.60. The first-order valence-corrected chi connectivity index (χ1v) is 4.93. The zero-order chi connectivity index (χ0) is 12.4. The predicted octanol–water partition coefficient (Wildman–Crippen LogP) is -0.588. The molecular weight excluding hydrogens is 216 g/mol. The van der Waals surface area contributed by atoms with Crippen LogP contribution in [0.2, 0.25) is 0 Å². The fourth-order valence-electron chi connectivity index (χ4n) is 0.791. The summed E-state index contributed by atoms with van der Waals surface area (Å²) in [6, 6.07) is -0.624. The highest BCUT2D eigenvalue weighted by atomic mass is 16.5.